The second-order valence-electron chi connectivity index (χ2n) is 5.92. The lowest BCUT2D eigenvalue weighted by Gasteiger charge is -2.08. The van der Waals surface area contributed by atoms with E-state index < -0.39 is 0 Å². The number of benzene rings is 2. The standard InChI is InChI=1S/C19H18N2O3/c1-12(22)13-4-3-7-17(11-13)21-19(24)15-6-2-5-14(10-15)18(23)20-16-8-9-16/h2-7,10-11,16H,8-9H2,1H3,(H,20,23)(H,21,24). The molecule has 0 atom stereocenters. The summed E-state index contributed by atoms with van der Waals surface area (Å²) in [6.45, 7) is 1.48. The minimum atomic E-state index is -0.322. The largest absolute Gasteiger partial charge is 0.349 e. The maximum Gasteiger partial charge on any atom is 0.255 e. The Kier molecular flexibility index (Phi) is 4.42. The van der Waals surface area contributed by atoms with Crippen molar-refractivity contribution in [2.45, 2.75) is 25.8 Å². The molecule has 2 aromatic rings. The van der Waals surface area contributed by atoms with Gasteiger partial charge in [0.05, 0.1) is 0 Å². The third kappa shape index (κ3) is 3.87. The number of amides is 2. The zero-order chi connectivity index (χ0) is 17.1. The first-order valence-electron chi connectivity index (χ1n) is 7.86. The third-order valence-corrected chi connectivity index (χ3v) is 3.83. The summed E-state index contributed by atoms with van der Waals surface area (Å²) >= 11 is 0. The van der Waals surface area contributed by atoms with Gasteiger partial charge < -0.3 is 10.6 Å². The van der Waals surface area contributed by atoms with Gasteiger partial charge in [0, 0.05) is 28.4 Å². The topological polar surface area (TPSA) is 75.3 Å². The smallest absolute Gasteiger partial charge is 0.255 e. The highest BCUT2D eigenvalue weighted by atomic mass is 16.2. The van der Waals surface area contributed by atoms with Gasteiger partial charge in [-0.1, -0.05) is 18.2 Å². The Morgan fingerprint density at radius 2 is 1.50 bits per heavy atom. The molecule has 5 nitrogen and oxygen atoms in total. The molecule has 1 saturated carbocycles. The van der Waals surface area contributed by atoms with Gasteiger partial charge in [-0.05, 0) is 50.1 Å². The lowest BCUT2D eigenvalue weighted by Crippen LogP contribution is -2.25. The van der Waals surface area contributed by atoms with Crippen LogP contribution in [0.5, 0.6) is 0 Å². The molecule has 0 aliphatic heterocycles. The molecule has 24 heavy (non-hydrogen) atoms. The minimum absolute atomic E-state index is 0.0650. The van der Waals surface area contributed by atoms with Crippen molar-refractivity contribution in [1.82, 2.24) is 5.32 Å². The summed E-state index contributed by atoms with van der Waals surface area (Å²) in [5, 5.41) is 5.65. The second kappa shape index (κ2) is 6.66. The van der Waals surface area contributed by atoms with Crippen LogP contribution in [0.15, 0.2) is 48.5 Å². The number of hydrogen-bond donors (Lipinski definition) is 2. The van der Waals surface area contributed by atoms with Crippen LogP contribution >= 0.6 is 0 Å². The highest BCUT2D eigenvalue weighted by Crippen LogP contribution is 2.19. The van der Waals surface area contributed by atoms with E-state index in [1.807, 2.05) is 0 Å². The van der Waals surface area contributed by atoms with Crippen molar-refractivity contribution in [3.63, 3.8) is 0 Å². The SMILES string of the molecule is CC(=O)c1cccc(NC(=O)c2cccc(C(=O)NC3CC3)c2)c1. The van der Waals surface area contributed by atoms with E-state index in [4.69, 9.17) is 0 Å². The fourth-order valence-electron chi connectivity index (χ4n) is 2.32. The summed E-state index contributed by atoms with van der Waals surface area (Å²) in [7, 11) is 0. The van der Waals surface area contributed by atoms with E-state index in [0.29, 0.717) is 22.4 Å². The molecule has 0 radical (unpaired) electrons. The monoisotopic (exact) mass is 322 g/mol. The van der Waals surface area contributed by atoms with Gasteiger partial charge in [-0.15, -0.1) is 0 Å². The van der Waals surface area contributed by atoms with Crippen molar-refractivity contribution in [2.75, 3.05) is 5.32 Å². The zero-order valence-corrected chi connectivity index (χ0v) is 13.3. The highest BCUT2D eigenvalue weighted by Gasteiger charge is 2.24. The molecule has 1 aliphatic rings. The number of Topliss-reactive ketones (excluding diaryl/α,β-unsaturated/α-hetero) is 1. The van der Waals surface area contributed by atoms with Gasteiger partial charge in [-0.3, -0.25) is 14.4 Å². The van der Waals surface area contributed by atoms with Crippen LogP contribution in [0.2, 0.25) is 0 Å². The van der Waals surface area contributed by atoms with E-state index in [1.165, 1.54) is 6.92 Å². The van der Waals surface area contributed by atoms with E-state index >= 15 is 0 Å². The van der Waals surface area contributed by atoms with E-state index in [-0.39, 0.29) is 23.6 Å². The van der Waals surface area contributed by atoms with Crippen molar-refractivity contribution in [3.8, 4) is 0 Å². The Balaban J connectivity index is 1.73. The van der Waals surface area contributed by atoms with Gasteiger partial charge in [0.15, 0.2) is 5.78 Å². The molecule has 0 heterocycles. The maximum atomic E-state index is 12.4. The van der Waals surface area contributed by atoms with Crippen molar-refractivity contribution in [1.29, 1.82) is 0 Å². The molecule has 2 aromatic carbocycles. The lowest BCUT2D eigenvalue weighted by atomic mass is 10.1. The van der Waals surface area contributed by atoms with Gasteiger partial charge in [-0.2, -0.15) is 0 Å². The van der Waals surface area contributed by atoms with Gasteiger partial charge in [-0.25, -0.2) is 0 Å². The van der Waals surface area contributed by atoms with Gasteiger partial charge in [0.1, 0.15) is 0 Å². The van der Waals surface area contributed by atoms with Crippen molar-refractivity contribution in [3.05, 3.63) is 65.2 Å². The molecule has 0 unspecified atom stereocenters. The van der Waals surface area contributed by atoms with Crippen LogP contribution in [0.3, 0.4) is 0 Å². The number of carbonyl (C=O) groups excluding carboxylic acids is 3. The van der Waals surface area contributed by atoms with E-state index in [0.717, 1.165) is 12.8 Å². The predicted molar refractivity (Wildman–Crippen MR) is 91.3 cm³/mol. The first-order chi connectivity index (χ1) is 11.5. The number of nitrogens with one attached hydrogen (secondary N) is 2. The number of rotatable bonds is 5. The average Bonchev–Trinajstić information content (AvgIpc) is 3.39. The van der Waals surface area contributed by atoms with Crippen LogP contribution < -0.4 is 10.6 Å². The Morgan fingerprint density at radius 1 is 0.875 bits per heavy atom. The fraction of sp³-hybridized carbons (Fsp3) is 0.211. The zero-order valence-electron chi connectivity index (χ0n) is 13.3. The Hall–Kier alpha value is -2.95. The molecular formula is C19H18N2O3. The number of anilines is 1. The molecule has 0 bridgehead atoms. The molecule has 1 aliphatic carbocycles. The summed E-state index contributed by atoms with van der Waals surface area (Å²) in [5.41, 5.74) is 1.93. The van der Waals surface area contributed by atoms with Gasteiger partial charge in [0.25, 0.3) is 11.8 Å². The molecule has 2 N–H and O–H groups in total. The lowest BCUT2D eigenvalue weighted by molar-refractivity contribution is 0.0950. The van der Waals surface area contributed by atoms with Gasteiger partial charge >= 0.3 is 0 Å². The molecule has 122 valence electrons. The van der Waals surface area contributed by atoms with Crippen LogP contribution in [0.1, 0.15) is 50.8 Å². The van der Waals surface area contributed by atoms with Crippen LogP contribution in [0.25, 0.3) is 0 Å². The first-order valence-corrected chi connectivity index (χ1v) is 7.86. The molecule has 0 aromatic heterocycles. The van der Waals surface area contributed by atoms with Crippen LogP contribution in [-0.4, -0.2) is 23.6 Å². The fourth-order valence-corrected chi connectivity index (χ4v) is 2.32. The first kappa shape index (κ1) is 15.9. The average molecular weight is 322 g/mol. The van der Waals surface area contributed by atoms with Crippen LogP contribution in [0.4, 0.5) is 5.69 Å². The maximum absolute atomic E-state index is 12.4. The van der Waals surface area contributed by atoms with Crippen LogP contribution in [0, 0.1) is 0 Å². The molecule has 3 rings (SSSR count). The Bertz CT molecular complexity index is 810. The molecule has 2 amide bonds. The second-order valence-corrected chi connectivity index (χ2v) is 5.92. The summed E-state index contributed by atoms with van der Waals surface area (Å²) in [4.78, 5) is 35.9. The summed E-state index contributed by atoms with van der Waals surface area (Å²) in [5.74, 6) is -0.549. The van der Waals surface area contributed by atoms with E-state index in [1.54, 1.807) is 48.5 Å². The van der Waals surface area contributed by atoms with E-state index in [2.05, 4.69) is 10.6 Å². The van der Waals surface area contributed by atoms with Crippen LogP contribution in [-0.2, 0) is 0 Å². The quantitative estimate of drug-likeness (QED) is 0.831. The number of hydrogen-bond acceptors (Lipinski definition) is 3. The third-order valence-electron chi connectivity index (χ3n) is 3.83. The molecular weight excluding hydrogens is 304 g/mol. The number of ketones is 1. The van der Waals surface area contributed by atoms with Gasteiger partial charge in [0.2, 0.25) is 0 Å². The Morgan fingerprint density at radius 3 is 2.17 bits per heavy atom. The van der Waals surface area contributed by atoms with Crippen molar-refractivity contribution >= 4 is 23.3 Å². The Labute approximate surface area is 140 Å². The highest BCUT2D eigenvalue weighted by molar-refractivity contribution is 6.06. The molecule has 0 saturated heterocycles. The van der Waals surface area contributed by atoms with E-state index in [9.17, 15) is 14.4 Å². The summed E-state index contributed by atoms with van der Waals surface area (Å²) in [6, 6.07) is 13.6. The van der Waals surface area contributed by atoms with Crippen molar-refractivity contribution in [2.24, 2.45) is 0 Å². The predicted octanol–water partition coefficient (Wildman–Crippen LogP) is 3.03. The normalized spacial score (nSPS) is 13.2. The molecule has 1 fully saturated rings. The van der Waals surface area contributed by atoms with Crippen molar-refractivity contribution < 1.29 is 14.4 Å². The summed E-state index contributed by atoms with van der Waals surface area (Å²) < 4.78 is 0. The molecule has 5 heteroatoms. The number of carbonyl (C=O) groups is 3. The summed E-state index contributed by atoms with van der Waals surface area (Å²) in [6.07, 6.45) is 2.02. The molecule has 0 spiro atoms. The minimum Gasteiger partial charge on any atom is -0.349 e.